The molecule has 0 N–H and O–H groups in total. The third-order valence-electron chi connectivity index (χ3n) is 2.17. The molecule has 0 fully saturated rings. The minimum absolute atomic E-state index is 0.0453. The van der Waals surface area contributed by atoms with Gasteiger partial charge in [0, 0.05) is 0 Å². The molecule has 0 aliphatic rings. The summed E-state index contributed by atoms with van der Waals surface area (Å²) in [4.78, 5) is 11.3. The van der Waals surface area contributed by atoms with Gasteiger partial charge in [-0.15, -0.1) is 0 Å². The van der Waals surface area contributed by atoms with E-state index in [0.29, 0.717) is 11.3 Å². The van der Waals surface area contributed by atoms with E-state index >= 15 is 0 Å². The van der Waals surface area contributed by atoms with Gasteiger partial charge in [0.2, 0.25) is 0 Å². The standard InChI is InChI=1S/C12H16O2/c1-4-9(2)14-12-8-6-5-7-11(12)10(3)13/h5-9H,4H2,1-3H3. The normalized spacial score (nSPS) is 12.2. The second kappa shape index (κ2) is 4.80. The highest BCUT2D eigenvalue weighted by molar-refractivity contribution is 5.96. The van der Waals surface area contributed by atoms with Crippen molar-refractivity contribution in [3.63, 3.8) is 0 Å². The SMILES string of the molecule is CCC(C)Oc1ccccc1C(C)=O. The number of rotatable bonds is 4. The van der Waals surface area contributed by atoms with Gasteiger partial charge < -0.3 is 4.74 Å². The van der Waals surface area contributed by atoms with Crippen molar-refractivity contribution in [2.45, 2.75) is 33.3 Å². The first-order valence-corrected chi connectivity index (χ1v) is 4.91. The molecule has 1 aromatic rings. The maximum atomic E-state index is 11.3. The van der Waals surface area contributed by atoms with E-state index in [0.717, 1.165) is 6.42 Å². The summed E-state index contributed by atoms with van der Waals surface area (Å²) in [5, 5.41) is 0. The van der Waals surface area contributed by atoms with Gasteiger partial charge in [-0.2, -0.15) is 0 Å². The molecule has 0 aliphatic carbocycles. The number of ether oxygens (including phenoxy) is 1. The van der Waals surface area contributed by atoms with E-state index in [-0.39, 0.29) is 11.9 Å². The van der Waals surface area contributed by atoms with Gasteiger partial charge in [0.15, 0.2) is 5.78 Å². The number of Topliss-reactive ketones (excluding diaryl/α,β-unsaturated/α-hetero) is 1. The zero-order valence-corrected chi connectivity index (χ0v) is 8.91. The summed E-state index contributed by atoms with van der Waals surface area (Å²) in [7, 11) is 0. The molecule has 0 spiro atoms. The average Bonchev–Trinajstić information content (AvgIpc) is 2.18. The average molecular weight is 192 g/mol. The van der Waals surface area contributed by atoms with Crippen molar-refractivity contribution in [2.24, 2.45) is 0 Å². The smallest absolute Gasteiger partial charge is 0.163 e. The Morgan fingerprint density at radius 3 is 2.64 bits per heavy atom. The van der Waals surface area contributed by atoms with Crippen molar-refractivity contribution in [3.8, 4) is 5.75 Å². The molecule has 14 heavy (non-hydrogen) atoms. The lowest BCUT2D eigenvalue weighted by atomic mass is 10.1. The fourth-order valence-electron chi connectivity index (χ4n) is 1.16. The van der Waals surface area contributed by atoms with Gasteiger partial charge in [0.1, 0.15) is 5.75 Å². The van der Waals surface area contributed by atoms with Crippen LogP contribution in [0.2, 0.25) is 0 Å². The van der Waals surface area contributed by atoms with Gasteiger partial charge in [-0.05, 0) is 32.4 Å². The zero-order chi connectivity index (χ0) is 10.6. The molecule has 0 aromatic heterocycles. The molecule has 2 heteroatoms. The molecule has 1 unspecified atom stereocenters. The Morgan fingerprint density at radius 1 is 1.43 bits per heavy atom. The lowest BCUT2D eigenvalue weighted by Crippen LogP contribution is -2.11. The second-order valence-corrected chi connectivity index (χ2v) is 3.39. The largest absolute Gasteiger partial charge is 0.490 e. The molecule has 0 radical (unpaired) electrons. The number of benzene rings is 1. The number of carbonyl (C=O) groups is 1. The lowest BCUT2D eigenvalue weighted by Gasteiger charge is -2.14. The topological polar surface area (TPSA) is 26.3 Å². The fraction of sp³-hybridized carbons (Fsp3) is 0.417. The molecule has 1 aromatic carbocycles. The zero-order valence-electron chi connectivity index (χ0n) is 8.91. The second-order valence-electron chi connectivity index (χ2n) is 3.39. The summed E-state index contributed by atoms with van der Waals surface area (Å²) in [6, 6.07) is 7.35. The molecule has 0 amide bonds. The van der Waals surface area contributed by atoms with E-state index in [1.165, 1.54) is 0 Å². The Bertz CT molecular complexity index is 318. The van der Waals surface area contributed by atoms with Crippen LogP contribution in [0, 0.1) is 0 Å². The van der Waals surface area contributed by atoms with E-state index in [1.54, 1.807) is 13.0 Å². The van der Waals surface area contributed by atoms with Crippen molar-refractivity contribution >= 4 is 5.78 Å². The van der Waals surface area contributed by atoms with Crippen molar-refractivity contribution < 1.29 is 9.53 Å². The van der Waals surface area contributed by atoms with E-state index in [1.807, 2.05) is 25.1 Å². The first-order chi connectivity index (χ1) is 6.65. The van der Waals surface area contributed by atoms with Crippen molar-refractivity contribution in [1.29, 1.82) is 0 Å². The summed E-state index contributed by atoms with van der Waals surface area (Å²) in [5.74, 6) is 0.734. The maximum absolute atomic E-state index is 11.3. The molecular weight excluding hydrogens is 176 g/mol. The number of carbonyl (C=O) groups excluding carboxylic acids is 1. The van der Waals surface area contributed by atoms with E-state index in [2.05, 4.69) is 6.92 Å². The Morgan fingerprint density at radius 2 is 2.07 bits per heavy atom. The molecule has 0 saturated carbocycles. The van der Waals surface area contributed by atoms with Crippen LogP contribution in [-0.2, 0) is 0 Å². The number of ketones is 1. The third kappa shape index (κ3) is 2.59. The van der Waals surface area contributed by atoms with Crippen LogP contribution in [0.5, 0.6) is 5.75 Å². The molecule has 0 heterocycles. The Labute approximate surface area is 84.9 Å². The Balaban J connectivity index is 2.90. The lowest BCUT2D eigenvalue weighted by molar-refractivity contribution is 0.101. The number of hydrogen-bond donors (Lipinski definition) is 0. The van der Waals surface area contributed by atoms with Gasteiger partial charge >= 0.3 is 0 Å². The molecule has 0 saturated heterocycles. The van der Waals surface area contributed by atoms with Crippen LogP contribution in [0.25, 0.3) is 0 Å². The van der Waals surface area contributed by atoms with Crippen LogP contribution in [-0.4, -0.2) is 11.9 Å². The van der Waals surface area contributed by atoms with Gasteiger partial charge in [-0.1, -0.05) is 19.1 Å². The highest BCUT2D eigenvalue weighted by Crippen LogP contribution is 2.20. The third-order valence-corrected chi connectivity index (χ3v) is 2.17. The minimum Gasteiger partial charge on any atom is -0.490 e. The molecule has 0 bridgehead atoms. The first kappa shape index (κ1) is 10.8. The summed E-state index contributed by atoms with van der Waals surface area (Å²) in [6.45, 7) is 5.61. The Hall–Kier alpha value is -1.31. The number of hydrogen-bond acceptors (Lipinski definition) is 2. The molecule has 0 aliphatic heterocycles. The van der Waals surface area contributed by atoms with Gasteiger partial charge in [-0.25, -0.2) is 0 Å². The van der Waals surface area contributed by atoms with E-state index in [4.69, 9.17) is 4.74 Å². The maximum Gasteiger partial charge on any atom is 0.163 e. The van der Waals surface area contributed by atoms with Crippen LogP contribution in [0.1, 0.15) is 37.6 Å². The summed E-state index contributed by atoms with van der Waals surface area (Å²) in [5.41, 5.74) is 0.660. The van der Waals surface area contributed by atoms with E-state index in [9.17, 15) is 4.79 Å². The van der Waals surface area contributed by atoms with Crippen molar-refractivity contribution in [2.75, 3.05) is 0 Å². The fourth-order valence-corrected chi connectivity index (χ4v) is 1.16. The molecule has 1 atom stereocenters. The van der Waals surface area contributed by atoms with Crippen molar-refractivity contribution in [1.82, 2.24) is 0 Å². The first-order valence-electron chi connectivity index (χ1n) is 4.91. The van der Waals surface area contributed by atoms with Crippen LogP contribution >= 0.6 is 0 Å². The van der Waals surface area contributed by atoms with Crippen LogP contribution in [0.4, 0.5) is 0 Å². The predicted molar refractivity (Wildman–Crippen MR) is 56.8 cm³/mol. The summed E-state index contributed by atoms with van der Waals surface area (Å²) >= 11 is 0. The van der Waals surface area contributed by atoms with E-state index < -0.39 is 0 Å². The van der Waals surface area contributed by atoms with Crippen LogP contribution in [0.15, 0.2) is 24.3 Å². The molecule has 2 nitrogen and oxygen atoms in total. The molecular formula is C12H16O2. The highest BCUT2D eigenvalue weighted by atomic mass is 16.5. The Kier molecular flexibility index (Phi) is 3.69. The van der Waals surface area contributed by atoms with Crippen LogP contribution < -0.4 is 4.74 Å². The van der Waals surface area contributed by atoms with Gasteiger partial charge in [0.25, 0.3) is 0 Å². The monoisotopic (exact) mass is 192 g/mol. The minimum atomic E-state index is 0.0453. The molecule has 1 rings (SSSR count). The number of para-hydroxylation sites is 1. The summed E-state index contributed by atoms with van der Waals surface area (Å²) < 4.78 is 5.64. The van der Waals surface area contributed by atoms with Crippen molar-refractivity contribution in [3.05, 3.63) is 29.8 Å². The van der Waals surface area contributed by atoms with Gasteiger partial charge in [0.05, 0.1) is 11.7 Å². The predicted octanol–water partition coefficient (Wildman–Crippen LogP) is 3.07. The summed E-state index contributed by atoms with van der Waals surface area (Å²) in [6.07, 6.45) is 1.09. The van der Waals surface area contributed by atoms with Gasteiger partial charge in [-0.3, -0.25) is 4.79 Å². The highest BCUT2D eigenvalue weighted by Gasteiger charge is 2.09. The molecule has 76 valence electrons. The van der Waals surface area contributed by atoms with Crippen LogP contribution in [0.3, 0.4) is 0 Å². The quantitative estimate of drug-likeness (QED) is 0.685.